The zero-order valence-electron chi connectivity index (χ0n) is 10.6. The fraction of sp³-hybridized carbons (Fsp3) is 0.500. The van der Waals surface area contributed by atoms with Gasteiger partial charge in [-0.3, -0.25) is 0 Å². The van der Waals surface area contributed by atoms with Crippen LogP contribution in [-0.4, -0.2) is 38.9 Å². The number of piperidine rings is 1. The molecule has 0 amide bonds. The number of hydrogen-bond donors (Lipinski definition) is 1. The highest BCUT2D eigenvalue weighted by Crippen LogP contribution is 2.28. The number of sulfonamides is 1. The summed E-state index contributed by atoms with van der Waals surface area (Å²) in [5.41, 5.74) is 0. The van der Waals surface area contributed by atoms with E-state index in [4.69, 9.17) is 11.6 Å². The number of nitrogens with zero attached hydrogens (tertiary/aromatic N) is 1. The van der Waals surface area contributed by atoms with Crippen LogP contribution >= 0.6 is 27.5 Å². The molecule has 1 saturated heterocycles. The molecular formula is C12H16BrClN2O2S. The molecule has 106 valence electrons. The van der Waals surface area contributed by atoms with Gasteiger partial charge in [0, 0.05) is 24.1 Å². The third-order valence-corrected chi connectivity index (χ3v) is 6.22. The molecule has 4 nitrogen and oxygen atoms in total. The van der Waals surface area contributed by atoms with Crippen molar-refractivity contribution in [3.8, 4) is 0 Å². The van der Waals surface area contributed by atoms with Crippen LogP contribution in [0.4, 0.5) is 0 Å². The SMILES string of the molecule is CN(C1CCCNC1)S(=O)(=O)c1ccc(Br)cc1Cl. The second kappa shape index (κ2) is 6.10. The largest absolute Gasteiger partial charge is 0.315 e. The molecule has 0 bridgehead atoms. The van der Waals surface area contributed by atoms with Gasteiger partial charge < -0.3 is 5.32 Å². The van der Waals surface area contributed by atoms with Gasteiger partial charge in [0.1, 0.15) is 4.90 Å². The molecule has 1 fully saturated rings. The van der Waals surface area contributed by atoms with E-state index in [1.165, 1.54) is 10.4 Å². The Bertz CT molecular complexity index is 559. The number of nitrogens with one attached hydrogen (secondary N) is 1. The zero-order valence-corrected chi connectivity index (χ0v) is 13.7. The number of benzene rings is 1. The number of likely N-dealkylation sites (N-methyl/N-ethyl adjacent to an activating group) is 1. The average Bonchev–Trinajstić information content (AvgIpc) is 2.38. The smallest absolute Gasteiger partial charge is 0.244 e. The summed E-state index contributed by atoms with van der Waals surface area (Å²) in [6.45, 7) is 1.63. The van der Waals surface area contributed by atoms with Gasteiger partial charge in [0.05, 0.1) is 5.02 Å². The Morgan fingerprint density at radius 2 is 2.21 bits per heavy atom. The van der Waals surface area contributed by atoms with Crippen LogP contribution in [0, 0.1) is 0 Å². The standard InChI is InChI=1S/C12H16BrClN2O2S/c1-16(10-3-2-6-15-8-10)19(17,18)12-5-4-9(13)7-11(12)14/h4-5,7,10,15H,2-3,6,8H2,1H3. The van der Waals surface area contributed by atoms with Crippen molar-refractivity contribution in [2.45, 2.75) is 23.8 Å². The zero-order chi connectivity index (χ0) is 14.0. The fourth-order valence-electron chi connectivity index (χ4n) is 2.18. The molecule has 7 heteroatoms. The first-order chi connectivity index (χ1) is 8.93. The number of hydrogen-bond acceptors (Lipinski definition) is 3. The molecule has 1 aromatic rings. The van der Waals surface area contributed by atoms with E-state index in [0.717, 1.165) is 23.9 Å². The van der Waals surface area contributed by atoms with Gasteiger partial charge >= 0.3 is 0 Å². The first kappa shape index (κ1) is 15.3. The summed E-state index contributed by atoms with van der Waals surface area (Å²) in [5.74, 6) is 0. The van der Waals surface area contributed by atoms with Crippen molar-refractivity contribution in [2.75, 3.05) is 20.1 Å². The van der Waals surface area contributed by atoms with E-state index in [0.29, 0.717) is 6.54 Å². The summed E-state index contributed by atoms with van der Waals surface area (Å²) in [6.07, 6.45) is 1.86. The Morgan fingerprint density at radius 1 is 1.47 bits per heavy atom. The predicted molar refractivity (Wildman–Crippen MR) is 80.0 cm³/mol. The van der Waals surface area contributed by atoms with E-state index in [-0.39, 0.29) is 16.0 Å². The topological polar surface area (TPSA) is 49.4 Å². The van der Waals surface area contributed by atoms with Gasteiger partial charge in [0.2, 0.25) is 10.0 Å². The fourth-order valence-corrected chi connectivity index (χ4v) is 4.57. The van der Waals surface area contributed by atoms with Crippen molar-refractivity contribution in [3.05, 3.63) is 27.7 Å². The van der Waals surface area contributed by atoms with Crippen molar-refractivity contribution in [1.82, 2.24) is 9.62 Å². The third kappa shape index (κ3) is 3.31. The molecule has 1 unspecified atom stereocenters. The molecule has 0 aromatic heterocycles. The minimum Gasteiger partial charge on any atom is -0.315 e. The summed E-state index contributed by atoms with van der Waals surface area (Å²) in [6, 6.07) is 4.81. The molecular weight excluding hydrogens is 352 g/mol. The Balaban J connectivity index is 2.30. The molecule has 0 aliphatic carbocycles. The van der Waals surface area contributed by atoms with E-state index < -0.39 is 10.0 Å². The Hall–Kier alpha value is -0.140. The van der Waals surface area contributed by atoms with Crippen molar-refractivity contribution < 1.29 is 8.42 Å². The van der Waals surface area contributed by atoms with E-state index in [9.17, 15) is 8.42 Å². The predicted octanol–water partition coefficient (Wildman–Crippen LogP) is 2.48. The van der Waals surface area contributed by atoms with Crippen molar-refractivity contribution in [3.63, 3.8) is 0 Å². The van der Waals surface area contributed by atoms with Gasteiger partial charge in [0.15, 0.2) is 0 Å². The van der Waals surface area contributed by atoms with E-state index in [1.807, 2.05) is 0 Å². The lowest BCUT2D eigenvalue weighted by atomic mass is 10.1. The minimum atomic E-state index is -3.55. The van der Waals surface area contributed by atoms with Gasteiger partial charge in [-0.2, -0.15) is 4.31 Å². The van der Waals surface area contributed by atoms with E-state index in [2.05, 4.69) is 21.2 Å². The summed E-state index contributed by atoms with van der Waals surface area (Å²) in [5, 5.41) is 3.46. The highest BCUT2D eigenvalue weighted by Gasteiger charge is 2.30. The maximum atomic E-state index is 12.6. The summed E-state index contributed by atoms with van der Waals surface area (Å²) >= 11 is 9.32. The Morgan fingerprint density at radius 3 is 2.79 bits per heavy atom. The van der Waals surface area contributed by atoms with Crippen LogP contribution in [0.5, 0.6) is 0 Å². The van der Waals surface area contributed by atoms with Gasteiger partial charge in [-0.25, -0.2) is 8.42 Å². The molecule has 1 aromatic carbocycles. The summed E-state index contributed by atoms with van der Waals surface area (Å²) < 4.78 is 27.3. The average molecular weight is 368 g/mol. The first-order valence-electron chi connectivity index (χ1n) is 6.07. The van der Waals surface area contributed by atoms with Crippen LogP contribution in [0.25, 0.3) is 0 Å². The molecule has 0 radical (unpaired) electrons. The second-order valence-electron chi connectivity index (χ2n) is 4.60. The molecule has 19 heavy (non-hydrogen) atoms. The van der Waals surface area contributed by atoms with Gasteiger partial charge in [-0.15, -0.1) is 0 Å². The number of halogens is 2. The lowest BCUT2D eigenvalue weighted by Crippen LogP contribution is -2.46. The van der Waals surface area contributed by atoms with Gasteiger partial charge in [-0.05, 0) is 37.6 Å². The molecule has 0 spiro atoms. The molecule has 1 aliphatic rings. The van der Waals surface area contributed by atoms with Crippen LogP contribution in [0.2, 0.25) is 5.02 Å². The van der Waals surface area contributed by atoms with Gasteiger partial charge in [0.25, 0.3) is 0 Å². The monoisotopic (exact) mass is 366 g/mol. The van der Waals surface area contributed by atoms with E-state index in [1.54, 1.807) is 19.2 Å². The van der Waals surface area contributed by atoms with Crippen LogP contribution in [0.3, 0.4) is 0 Å². The maximum absolute atomic E-state index is 12.6. The highest BCUT2D eigenvalue weighted by atomic mass is 79.9. The van der Waals surface area contributed by atoms with Crippen LogP contribution < -0.4 is 5.32 Å². The van der Waals surface area contributed by atoms with Crippen LogP contribution in [0.1, 0.15) is 12.8 Å². The molecule has 0 saturated carbocycles. The second-order valence-corrected chi connectivity index (χ2v) is 7.88. The highest BCUT2D eigenvalue weighted by molar-refractivity contribution is 9.10. The Kier molecular flexibility index (Phi) is 4.89. The summed E-state index contributed by atoms with van der Waals surface area (Å²) in [4.78, 5) is 0.158. The van der Waals surface area contributed by atoms with E-state index >= 15 is 0 Å². The maximum Gasteiger partial charge on any atom is 0.244 e. The van der Waals surface area contributed by atoms with Crippen molar-refractivity contribution in [1.29, 1.82) is 0 Å². The van der Waals surface area contributed by atoms with Crippen LogP contribution in [0.15, 0.2) is 27.6 Å². The quantitative estimate of drug-likeness (QED) is 0.893. The molecule has 2 rings (SSSR count). The molecule has 1 atom stereocenters. The first-order valence-corrected chi connectivity index (χ1v) is 8.68. The normalized spacial score (nSPS) is 20.7. The van der Waals surface area contributed by atoms with Crippen molar-refractivity contribution in [2.24, 2.45) is 0 Å². The lowest BCUT2D eigenvalue weighted by molar-refractivity contribution is 0.300. The molecule has 1 aliphatic heterocycles. The third-order valence-electron chi connectivity index (χ3n) is 3.34. The number of rotatable bonds is 3. The Labute approximate surface area is 127 Å². The van der Waals surface area contributed by atoms with Gasteiger partial charge in [-0.1, -0.05) is 27.5 Å². The minimum absolute atomic E-state index is 0.0153. The van der Waals surface area contributed by atoms with Crippen molar-refractivity contribution >= 4 is 37.6 Å². The lowest BCUT2D eigenvalue weighted by Gasteiger charge is -2.31. The molecule has 1 N–H and O–H groups in total. The molecule has 1 heterocycles. The van der Waals surface area contributed by atoms with Crippen LogP contribution in [-0.2, 0) is 10.0 Å². The summed E-state index contributed by atoms with van der Waals surface area (Å²) in [7, 11) is -1.93.